The Labute approximate surface area is 92.8 Å². The van der Waals surface area contributed by atoms with Crippen LogP contribution in [0.1, 0.15) is 45.4 Å². The van der Waals surface area contributed by atoms with Crippen molar-refractivity contribution < 1.29 is 4.79 Å². The summed E-state index contributed by atoms with van der Waals surface area (Å²) in [5.41, 5.74) is 5.58. The second kappa shape index (κ2) is 6.83. The highest BCUT2D eigenvalue weighted by molar-refractivity contribution is 5.78. The van der Waals surface area contributed by atoms with Crippen molar-refractivity contribution >= 4 is 5.91 Å². The van der Waals surface area contributed by atoms with Gasteiger partial charge in [-0.3, -0.25) is 4.79 Å². The molecule has 0 aromatic heterocycles. The van der Waals surface area contributed by atoms with Gasteiger partial charge in [-0.1, -0.05) is 26.2 Å². The van der Waals surface area contributed by atoms with Crippen molar-refractivity contribution in [2.24, 2.45) is 17.6 Å². The van der Waals surface area contributed by atoms with Crippen molar-refractivity contribution in [3.05, 3.63) is 0 Å². The predicted octanol–water partition coefficient (Wildman–Crippen LogP) is 1.67. The molecule has 1 atom stereocenters. The fourth-order valence-corrected chi connectivity index (χ4v) is 2.31. The number of carbonyl (C=O) groups excluding carboxylic acids is 1. The molecule has 1 unspecified atom stereocenters. The van der Waals surface area contributed by atoms with Crippen molar-refractivity contribution in [1.29, 1.82) is 0 Å². The summed E-state index contributed by atoms with van der Waals surface area (Å²) in [6.45, 7) is 3.43. The summed E-state index contributed by atoms with van der Waals surface area (Å²) < 4.78 is 0. The molecule has 1 saturated carbocycles. The Morgan fingerprint density at radius 2 is 2.13 bits per heavy atom. The summed E-state index contributed by atoms with van der Waals surface area (Å²) >= 11 is 0. The summed E-state index contributed by atoms with van der Waals surface area (Å²) in [5.74, 6) is 0.900. The lowest BCUT2D eigenvalue weighted by Crippen LogP contribution is -2.37. The van der Waals surface area contributed by atoms with Gasteiger partial charge in [-0.2, -0.15) is 0 Å². The number of amides is 1. The highest BCUT2D eigenvalue weighted by atomic mass is 16.1. The zero-order chi connectivity index (χ0) is 11.1. The molecule has 1 fully saturated rings. The minimum Gasteiger partial charge on any atom is -0.356 e. The zero-order valence-corrected chi connectivity index (χ0v) is 9.80. The topological polar surface area (TPSA) is 55.1 Å². The first-order valence-corrected chi connectivity index (χ1v) is 6.25. The molecule has 1 rings (SSSR count). The highest BCUT2D eigenvalue weighted by Crippen LogP contribution is 2.23. The Kier molecular flexibility index (Phi) is 5.69. The van der Waals surface area contributed by atoms with E-state index in [1.807, 2.05) is 0 Å². The predicted molar refractivity (Wildman–Crippen MR) is 62.4 cm³/mol. The van der Waals surface area contributed by atoms with E-state index < -0.39 is 0 Å². The van der Waals surface area contributed by atoms with Crippen LogP contribution in [-0.4, -0.2) is 19.0 Å². The zero-order valence-electron chi connectivity index (χ0n) is 9.80. The first-order valence-electron chi connectivity index (χ1n) is 6.25. The maximum atomic E-state index is 11.7. The minimum absolute atomic E-state index is 0.0244. The Morgan fingerprint density at radius 1 is 1.47 bits per heavy atom. The average Bonchev–Trinajstić information content (AvgIpc) is 2.75. The first-order chi connectivity index (χ1) is 7.27. The molecule has 0 aliphatic heterocycles. The molecule has 0 saturated heterocycles. The third-order valence-corrected chi connectivity index (χ3v) is 3.33. The number of nitrogens with one attached hydrogen (secondary N) is 1. The quantitative estimate of drug-likeness (QED) is 0.703. The van der Waals surface area contributed by atoms with Crippen molar-refractivity contribution in [3.8, 4) is 0 Å². The molecule has 3 nitrogen and oxygen atoms in total. The lowest BCUT2D eigenvalue weighted by Gasteiger charge is -2.16. The van der Waals surface area contributed by atoms with Gasteiger partial charge >= 0.3 is 0 Å². The van der Waals surface area contributed by atoms with E-state index in [-0.39, 0.29) is 11.8 Å². The van der Waals surface area contributed by atoms with Crippen LogP contribution in [0.5, 0.6) is 0 Å². The van der Waals surface area contributed by atoms with Crippen LogP contribution in [0.15, 0.2) is 0 Å². The summed E-state index contributed by atoms with van der Waals surface area (Å²) in [4.78, 5) is 11.7. The Hall–Kier alpha value is -0.570. The normalized spacial score (nSPS) is 19.1. The van der Waals surface area contributed by atoms with Gasteiger partial charge in [0.05, 0.1) is 5.92 Å². The molecule has 0 aromatic carbocycles. The van der Waals surface area contributed by atoms with Crippen molar-refractivity contribution in [2.75, 3.05) is 13.1 Å². The number of hydrogen-bond donors (Lipinski definition) is 2. The van der Waals surface area contributed by atoms with E-state index in [4.69, 9.17) is 5.73 Å². The smallest absolute Gasteiger partial charge is 0.224 e. The Morgan fingerprint density at radius 3 is 2.67 bits per heavy atom. The number of rotatable bonds is 6. The molecule has 0 spiro atoms. The molecule has 15 heavy (non-hydrogen) atoms. The lowest BCUT2D eigenvalue weighted by molar-refractivity contribution is -0.125. The minimum atomic E-state index is 0.0244. The van der Waals surface area contributed by atoms with Crippen LogP contribution in [-0.2, 0) is 4.79 Å². The highest BCUT2D eigenvalue weighted by Gasteiger charge is 2.19. The second-order valence-electron chi connectivity index (χ2n) is 4.62. The molecule has 3 N–H and O–H groups in total. The van der Waals surface area contributed by atoms with Gasteiger partial charge in [-0.25, -0.2) is 0 Å². The molecule has 88 valence electrons. The fourth-order valence-electron chi connectivity index (χ4n) is 2.31. The SMILES string of the molecule is CCCC(CN)C(=O)NCC1CCCC1. The molecule has 1 aliphatic rings. The largest absolute Gasteiger partial charge is 0.356 e. The van der Waals surface area contributed by atoms with Crippen molar-refractivity contribution in [3.63, 3.8) is 0 Å². The van der Waals surface area contributed by atoms with E-state index in [2.05, 4.69) is 12.2 Å². The van der Waals surface area contributed by atoms with Crippen LogP contribution >= 0.6 is 0 Å². The third kappa shape index (κ3) is 4.20. The van der Waals surface area contributed by atoms with Crippen LogP contribution < -0.4 is 11.1 Å². The maximum absolute atomic E-state index is 11.7. The molecule has 1 aliphatic carbocycles. The third-order valence-electron chi connectivity index (χ3n) is 3.33. The number of carbonyl (C=O) groups is 1. The molecule has 0 heterocycles. The molecule has 0 aromatic rings. The van der Waals surface area contributed by atoms with Gasteiger partial charge in [0, 0.05) is 13.1 Å². The Bertz CT molecular complexity index is 188. The van der Waals surface area contributed by atoms with E-state index in [1.165, 1.54) is 25.7 Å². The van der Waals surface area contributed by atoms with Gasteiger partial charge in [0.1, 0.15) is 0 Å². The van der Waals surface area contributed by atoms with E-state index in [9.17, 15) is 4.79 Å². The first kappa shape index (κ1) is 12.5. The van der Waals surface area contributed by atoms with Crippen LogP contribution in [0.4, 0.5) is 0 Å². The summed E-state index contributed by atoms with van der Waals surface area (Å²) in [6, 6.07) is 0. The summed E-state index contributed by atoms with van der Waals surface area (Å²) in [6.07, 6.45) is 7.15. The summed E-state index contributed by atoms with van der Waals surface area (Å²) in [5, 5.41) is 3.04. The van der Waals surface area contributed by atoms with E-state index in [0.717, 1.165) is 19.4 Å². The van der Waals surface area contributed by atoms with Crippen LogP contribution in [0.2, 0.25) is 0 Å². The van der Waals surface area contributed by atoms with Crippen LogP contribution in [0, 0.1) is 11.8 Å². The molecule has 1 amide bonds. The van der Waals surface area contributed by atoms with Gasteiger partial charge in [-0.15, -0.1) is 0 Å². The van der Waals surface area contributed by atoms with Crippen molar-refractivity contribution in [2.45, 2.75) is 45.4 Å². The van der Waals surface area contributed by atoms with Crippen LogP contribution in [0.3, 0.4) is 0 Å². The van der Waals surface area contributed by atoms with E-state index >= 15 is 0 Å². The Balaban J connectivity index is 2.20. The fraction of sp³-hybridized carbons (Fsp3) is 0.917. The standard InChI is InChI=1S/C12H24N2O/c1-2-5-11(8-13)12(15)14-9-10-6-3-4-7-10/h10-11H,2-9,13H2,1H3,(H,14,15). The molecule has 0 bridgehead atoms. The number of hydrogen-bond acceptors (Lipinski definition) is 2. The van der Waals surface area contributed by atoms with Gasteiger partial charge in [0.25, 0.3) is 0 Å². The number of nitrogens with two attached hydrogens (primary N) is 1. The van der Waals surface area contributed by atoms with E-state index in [1.54, 1.807) is 0 Å². The molecular formula is C12H24N2O. The van der Waals surface area contributed by atoms with Crippen LogP contribution in [0.25, 0.3) is 0 Å². The van der Waals surface area contributed by atoms with Gasteiger partial charge in [0.2, 0.25) is 5.91 Å². The lowest BCUT2D eigenvalue weighted by atomic mass is 10.0. The maximum Gasteiger partial charge on any atom is 0.224 e. The average molecular weight is 212 g/mol. The van der Waals surface area contributed by atoms with Crippen molar-refractivity contribution in [1.82, 2.24) is 5.32 Å². The molecule has 0 radical (unpaired) electrons. The molecule has 3 heteroatoms. The summed E-state index contributed by atoms with van der Waals surface area (Å²) in [7, 11) is 0. The van der Waals surface area contributed by atoms with Gasteiger partial charge in [0.15, 0.2) is 0 Å². The van der Waals surface area contributed by atoms with E-state index in [0.29, 0.717) is 12.5 Å². The second-order valence-corrected chi connectivity index (χ2v) is 4.62. The van der Waals surface area contributed by atoms with Gasteiger partial charge < -0.3 is 11.1 Å². The molecular weight excluding hydrogens is 188 g/mol. The monoisotopic (exact) mass is 212 g/mol. The van der Waals surface area contributed by atoms with Gasteiger partial charge in [-0.05, 0) is 25.2 Å².